The van der Waals surface area contributed by atoms with Crippen LogP contribution < -0.4 is 0 Å². The number of esters is 1. The highest BCUT2D eigenvalue weighted by Crippen LogP contribution is 2.25. The van der Waals surface area contributed by atoms with E-state index in [-0.39, 0.29) is 12.1 Å². The maximum Gasteiger partial charge on any atom is 0.331 e. The molecule has 0 aliphatic heterocycles. The normalized spacial score (nSPS) is 13.4. The van der Waals surface area contributed by atoms with Gasteiger partial charge in [0.25, 0.3) is 0 Å². The Labute approximate surface area is 112 Å². The molecule has 0 bridgehead atoms. The summed E-state index contributed by atoms with van der Waals surface area (Å²) in [6.45, 7) is 5.88. The number of aliphatic hydroxyl groups is 1. The maximum absolute atomic E-state index is 11.3. The largest absolute Gasteiger partial charge is 0.463 e. The Hall–Kier alpha value is -1.13. The molecule has 0 aromatic carbocycles. The van der Waals surface area contributed by atoms with E-state index in [9.17, 15) is 9.90 Å². The summed E-state index contributed by atoms with van der Waals surface area (Å²) in [6, 6.07) is 4.05. The van der Waals surface area contributed by atoms with E-state index < -0.39 is 0 Å². The van der Waals surface area contributed by atoms with Crippen LogP contribution in [0.4, 0.5) is 0 Å². The van der Waals surface area contributed by atoms with Gasteiger partial charge in [0.05, 0.1) is 12.7 Å². The number of hydrogen-bond acceptors (Lipinski definition) is 4. The molecule has 0 aliphatic rings. The minimum atomic E-state index is -0.297. The molecular weight excluding hydrogens is 248 g/mol. The molecule has 1 N–H and O–H groups in total. The van der Waals surface area contributed by atoms with Gasteiger partial charge in [0.15, 0.2) is 0 Å². The Morgan fingerprint density at radius 2 is 2.28 bits per heavy atom. The van der Waals surface area contributed by atoms with Gasteiger partial charge in [-0.15, -0.1) is 11.3 Å². The number of carbonyl (C=O) groups is 1. The van der Waals surface area contributed by atoms with Gasteiger partial charge >= 0.3 is 5.97 Å². The summed E-state index contributed by atoms with van der Waals surface area (Å²) in [6.07, 6.45) is 2.88. The van der Waals surface area contributed by atoms with Gasteiger partial charge in [-0.2, -0.15) is 0 Å². The standard InChI is InChI=1S/C14H20O3S/c1-4-17-14(16)9-10(2)13-8-7-12(18-13)6-5-11(3)15/h7-9,11,15H,4-6H2,1-3H3/t11-/m1/s1. The van der Waals surface area contributed by atoms with E-state index in [1.165, 1.54) is 11.0 Å². The number of aliphatic hydroxyl groups excluding tert-OH is 1. The van der Waals surface area contributed by atoms with Crippen molar-refractivity contribution in [3.05, 3.63) is 28.0 Å². The number of rotatable bonds is 6. The Kier molecular flexibility index (Phi) is 6.09. The molecule has 0 unspecified atom stereocenters. The van der Waals surface area contributed by atoms with Crippen molar-refractivity contribution >= 4 is 22.9 Å². The molecule has 1 rings (SSSR count). The molecule has 3 nitrogen and oxygen atoms in total. The SMILES string of the molecule is CCOC(=O)C=C(C)c1ccc(CC[C@@H](C)O)s1. The van der Waals surface area contributed by atoms with Crippen LogP contribution in [0.5, 0.6) is 0 Å². The van der Waals surface area contributed by atoms with Crippen LogP contribution in [0.15, 0.2) is 18.2 Å². The van der Waals surface area contributed by atoms with E-state index in [2.05, 4.69) is 0 Å². The second kappa shape index (κ2) is 7.34. The highest BCUT2D eigenvalue weighted by molar-refractivity contribution is 7.13. The monoisotopic (exact) mass is 268 g/mol. The summed E-state index contributed by atoms with van der Waals surface area (Å²) < 4.78 is 4.88. The van der Waals surface area contributed by atoms with Crippen LogP contribution in [0.1, 0.15) is 36.9 Å². The smallest absolute Gasteiger partial charge is 0.331 e. The zero-order valence-electron chi connectivity index (χ0n) is 11.1. The lowest BCUT2D eigenvalue weighted by molar-refractivity contribution is -0.137. The van der Waals surface area contributed by atoms with E-state index in [0.29, 0.717) is 6.61 Å². The highest BCUT2D eigenvalue weighted by Gasteiger charge is 2.05. The van der Waals surface area contributed by atoms with Crippen molar-refractivity contribution < 1.29 is 14.6 Å². The number of aryl methyl sites for hydroxylation is 1. The molecule has 0 aliphatic carbocycles. The van der Waals surface area contributed by atoms with Crippen LogP contribution in [0.2, 0.25) is 0 Å². The Morgan fingerprint density at radius 1 is 1.56 bits per heavy atom. The van der Waals surface area contributed by atoms with Crippen LogP contribution in [0.3, 0.4) is 0 Å². The molecule has 0 spiro atoms. The highest BCUT2D eigenvalue weighted by atomic mass is 32.1. The van der Waals surface area contributed by atoms with Gasteiger partial charge in [-0.25, -0.2) is 4.79 Å². The topological polar surface area (TPSA) is 46.5 Å². The second-order valence-electron chi connectivity index (χ2n) is 4.23. The molecule has 4 heteroatoms. The summed E-state index contributed by atoms with van der Waals surface area (Å²) in [5.41, 5.74) is 0.918. The van der Waals surface area contributed by atoms with Gasteiger partial charge in [-0.3, -0.25) is 0 Å². The van der Waals surface area contributed by atoms with Gasteiger partial charge in [0, 0.05) is 15.8 Å². The molecule has 18 heavy (non-hydrogen) atoms. The van der Waals surface area contributed by atoms with E-state index >= 15 is 0 Å². The first-order chi connectivity index (χ1) is 8.52. The predicted octanol–water partition coefficient (Wildman–Crippen LogP) is 3.03. The van der Waals surface area contributed by atoms with Crippen molar-refractivity contribution in [3.8, 4) is 0 Å². The van der Waals surface area contributed by atoms with Gasteiger partial charge < -0.3 is 9.84 Å². The third kappa shape index (κ3) is 5.02. The molecule has 100 valence electrons. The van der Waals surface area contributed by atoms with E-state index in [4.69, 9.17) is 4.74 Å². The average Bonchev–Trinajstić information content (AvgIpc) is 2.75. The van der Waals surface area contributed by atoms with E-state index in [1.807, 2.05) is 19.1 Å². The Bertz CT molecular complexity index is 418. The summed E-state index contributed by atoms with van der Waals surface area (Å²) >= 11 is 1.66. The summed E-state index contributed by atoms with van der Waals surface area (Å²) in [7, 11) is 0. The molecule has 0 fully saturated rings. The molecular formula is C14H20O3S. The van der Waals surface area contributed by atoms with Gasteiger partial charge in [-0.1, -0.05) is 0 Å². The van der Waals surface area contributed by atoms with Crippen molar-refractivity contribution in [2.24, 2.45) is 0 Å². The first kappa shape index (κ1) is 14.9. The predicted molar refractivity (Wildman–Crippen MR) is 74.6 cm³/mol. The van der Waals surface area contributed by atoms with Crippen LogP contribution >= 0.6 is 11.3 Å². The fraction of sp³-hybridized carbons (Fsp3) is 0.500. The minimum absolute atomic E-state index is 0.272. The van der Waals surface area contributed by atoms with Crippen molar-refractivity contribution in [1.82, 2.24) is 0 Å². The molecule has 1 heterocycles. The Balaban J connectivity index is 2.64. The average molecular weight is 268 g/mol. The zero-order valence-corrected chi connectivity index (χ0v) is 11.9. The van der Waals surface area contributed by atoms with Gasteiger partial charge in [0.2, 0.25) is 0 Å². The lowest BCUT2D eigenvalue weighted by Gasteiger charge is -2.01. The lowest BCUT2D eigenvalue weighted by atomic mass is 10.2. The number of thiophene rings is 1. The van der Waals surface area contributed by atoms with E-state index in [1.54, 1.807) is 25.2 Å². The summed E-state index contributed by atoms with van der Waals surface area (Å²) in [4.78, 5) is 13.6. The molecule has 0 saturated heterocycles. The molecule has 0 saturated carbocycles. The fourth-order valence-electron chi connectivity index (χ4n) is 1.51. The summed E-state index contributed by atoms with van der Waals surface area (Å²) in [5, 5.41) is 9.24. The third-order valence-corrected chi connectivity index (χ3v) is 3.76. The number of ether oxygens (including phenoxy) is 1. The van der Waals surface area contributed by atoms with Gasteiger partial charge in [0.1, 0.15) is 0 Å². The number of carbonyl (C=O) groups excluding carboxylic acids is 1. The van der Waals surface area contributed by atoms with Crippen molar-refractivity contribution in [3.63, 3.8) is 0 Å². The summed E-state index contributed by atoms with van der Waals surface area (Å²) in [5.74, 6) is -0.297. The minimum Gasteiger partial charge on any atom is -0.463 e. The molecule has 1 aromatic rings. The Morgan fingerprint density at radius 3 is 2.89 bits per heavy atom. The van der Waals surface area contributed by atoms with Crippen LogP contribution in [-0.2, 0) is 16.0 Å². The van der Waals surface area contributed by atoms with Crippen LogP contribution in [0, 0.1) is 0 Å². The molecule has 1 atom stereocenters. The second-order valence-corrected chi connectivity index (χ2v) is 5.40. The quantitative estimate of drug-likeness (QED) is 0.637. The van der Waals surface area contributed by atoms with Crippen molar-refractivity contribution in [2.45, 2.75) is 39.7 Å². The molecule has 1 aromatic heterocycles. The first-order valence-corrected chi connectivity index (χ1v) is 6.96. The van der Waals surface area contributed by atoms with Crippen molar-refractivity contribution in [2.75, 3.05) is 6.61 Å². The molecule has 0 amide bonds. The number of allylic oxidation sites excluding steroid dienone is 1. The van der Waals surface area contributed by atoms with Crippen LogP contribution in [-0.4, -0.2) is 23.8 Å². The third-order valence-electron chi connectivity index (χ3n) is 2.48. The fourth-order valence-corrected chi connectivity index (χ4v) is 2.50. The van der Waals surface area contributed by atoms with Gasteiger partial charge in [-0.05, 0) is 51.3 Å². The maximum atomic E-state index is 11.3. The van der Waals surface area contributed by atoms with E-state index in [0.717, 1.165) is 23.3 Å². The van der Waals surface area contributed by atoms with Crippen molar-refractivity contribution in [1.29, 1.82) is 0 Å². The molecule has 0 radical (unpaired) electrons. The number of hydrogen-bond donors (Lipinski definition) is 1. The first-order valence-electron chi connectivity index (χ1n) is 6.15. The lowest BCUT2D eigenvalue weighted by Crippen LogP contribution is -2.00. The zero-order chi connectivity index (χ0) is 13.5. The van der Waals surface area contributed by atoms with Crippen LogP contribution in [0.25, 0.3) is 5.57 Å².